The summed E-state index contributed by atoms with van der Waals surface area (Å²) in [6.07, 6.45) is 6.42. The van der Waals surface area contributed by atoms with Crippen LogP contribution in [0.25, 0.3) is 0 Å². The summed E-state index contributed by atoms with van der Waals surface area (Å²) in [5.41, 5.74) is 1.18. The zero-order valence-electron chi connectivity index (χ0n) is 12.0. The molecule has 23 heavy (non-hydrogen) atoms. The van der Waals surface area contributed by atoms with Gasteiger partial charge in [-0.15, -0.1) is 0 Å². The van der Waals surface area contributed by atoms with Gasteiger partial charge in [-0.05, 0) is 30.3 Å². The quantitative estimate of drug-likeness (QED) is 0.780. The number of anilines is 1. The van der Waals surface area contributed by atoms with Crippen molar-refractivity contribution in [3.8, 4) is 5.75 Å². The molecule has 0 spiro atoms. The third kappa shape index (κ3) is 4.08. The second-order valence-corrected chi connectivity index (χ2v) is 5.13. The highest BCUT2D eigenvalue weighted by Crippen LogP contribution is 2.16. The number of aromatic nitrogens is 3. The molecule has 0 radical (unpaired) electrons. The Morgan fingerprint density at radius 2 is 2.09 bits per heavy atom. The summed E-state index contributed by atoms with van der Waals surface area (Å²) in [4.78, 5) is 16.1. The Bertz CT molecular complexity index is 805. The van der Waals surface area contributed by atoms with Crippen molar-refractivity contribution in [3.05, 3.63) is 71.8 Å². The SMILES string of the molecule is O=C(Nc1ccncc1)c1cccc(OCn2cc(Cl)cn2)c1. The average molecular weight is 329 g/mol. The number of carbonyl (C=O) groups excluding carboxylic acids is 1. The maximum Gasteiger partial charge on any atom is 0.255 e. The van der Waals surface area contributed by atoms with Crippen LogP contribution in [0, 0.1) is 0 Å². The number of benzene rings is 1. The number of carbonyl (C=O) groups is 1. The molecule has 0 aliphatic rings. The molecule has 0 aliphatic heterocycles. The number of amides is 1. The third-order valence-electron chi connectivity index (χ3n) is 3.00. The van der Waals surface area contributed by atoms with Crippen LogP contribution in [0.15, 0.2) is 61.2 Å². The van der Waals surface area contributed by atoms with Gasteiger partial charge in [0.15, 0.2) is 6.73 Å². The molecule has 2 heterocycles. The van der Waals surface area contributed by atoms with E-state index >= 15 is 0 Å². The fourth-order valence-electron chi connectivity index (χ4n) is 1.92. The number of halogens is 1. The Morgan fingerprint density at radius 1 is 1.26 bits per heavy atom. The molecule has 3 rings (SSSR count). The predicted molar refractivity (Wildman–Crippen MR) is 86.5 cm³/mol. The first kappa shape index (κ1) is 15.1. The number of nitrogens with zero attached hydrogens (tertiary/aromatic N) is 3. The minimum Gasteiger partial charge on any atom is -0.471 e. The summed E-state index contributed by atoms with van der Waals surface area (Å²) in [6, 6.07) is 10.4. The summed E-state index contributed by atoms with van der Waals surface area (Å²) in [6.45, 7) is 0.210. The maximum atomic E-state index is 12.2. The Morgan fingerprint density at radius 3 is 2.83 bits per heavy atom. The molecule has 0 saturated heterocycles. The molecule has 6 nitrogen and oxygen atoms in total. The van der Waals surface area contributed by atoms with E-state index in [1.165, 1.54) is 6.20 Å². The van der Waals surface area contributed by atoms with Crippen molar-refractivity contribution in [2.45, 2.75) is 6.73 Å². The molecule has 0 atom stereocenters. The van der Waals surface area contributed by atoms with E-state index in [0.29, 0.717) is 22.0 Å². The molecule has 1 N–H and O–H groups in total. The minimum absolute atomic E-state index is 0.210. The van der Waals surface area contributed by atoms with E-state index in [0.717, 1.165) is 0 Å². The van der Waals surface area contributed by atoms with Gasteiger partial charge in [-0.2, -0.15) is 5.10 Å². The summed E-state index contributed by atoms with van der Waals surface area (Å²) < 4.78 is 7.16. The molecule has 2 aromatic heterocycles. The van der Waals surface area contributed by atoms with Crippen LogP contribution < -0.4 is 10.1 Å². The van der Waals surface area contributed by atoms with E-state index in [1.54, 1.807) is 59.7 Å². The predicted octanol–water partition coefficient (Wildman–Crippen LogP) is 3.22. The van der Waals surface area contributed by atoms with Gasteiger partial charge < -0.3 is 10.1 Å². The molecule has 116 valence electrons. The van der Waals surface area contributed by atoms with E-state index in [-0.39, 0.29) is 12.6 Å². The number of nitrogens with one attached hydrogen (secondary N) is 1. The lowest BCUT2D eigenvalue weighted by molar-refractivity contribution is 0.102. The molecule has 0 bridgehead atoms. The molecule has 0 fully saturated rings. The van der Waals surface area contributed by atoms with Gasteiger partial charge in [-0.3, -0.25) is 9.78 Å². The summed E-state index contributed by atoms with van der Waals surface area (Å²) in [7, 11) is 0. The number of rotatable bonds is 5. The number of ether oxygens (including phenoxy) is 1. The van der Waals surface area contributed by atoms with Crippen LogP contribution in [-0.2, 0) is 6.73 Å². The van der Waals surface area contributed by atoms with Gasteiger partial charge >= 0.3 is 0 Å². The Balaban J connectivity index is 1.65. The van der Waals surface area contributed by atoms with Gasteiger partial charge in [0.25, 0.3) is 5.91 Å². The first-order valence-corrected chi connectivity index (χ1v) is 7.21. The van der Waals surface area contributed by atoms with Crippen LogP contribution in [0.5, 0.6) is 5.75 Å². The third-order valence-corrected chi connectivity index (χ3v) is 3.19. The minimum atomic E-state index is -0.219. The van der Waals surface area contributed by atoms with Gasteiger partial charge in [-0.25, -0.2) is 4.68 Å². The Hall–Kier alpha value is -2.86. The van der Waals surface area contributed by atoms with E-state index < -0.39 is 0 Å². The lowest BCUT2D eigenvalue weighted by atomic mass is 10.2. The highest BCUT2D eigenvalue weighted by atomic mass is 35.5. The molecule has 0 aliphatic carbocycles. The van der Waals surface area contributed by atoms with Crippen molar-refractivity contribution < 1.29 is 9.53 Å². The second-order valence-electron chi connectivity index (χ2n) is 4.69. The maximum absolute atomic E-state index is 12.2. The number of pyridine rings is 1. The molecule has 0 saturated carbocycles. The van der Waals surface area contributed by atoms with Crippen LogP contribution in [0.4, 0.5) is 5.69 Å². The van der Waals surface area contributed by atoms with E-state index in [4.69, 9.17) is 16.3 Å². The zero-order valence-corrected chi connectivity index (χ0v) is 12.8. The van der Waals surface area contributed by atoms with Gasteiger partial charge in [0.2, 0.25) is 0 Å². The molecule has 1 amide bonds. The number of hydrogen-bond acceptors (Lipinski definition) is 4. The summed E-state index contributed by atoms with van der Waals surface area (Å²) in [5.74, 6) is 0.350. The lowest BCUT2D eigenvalue weighted by Gasteiger charge is -2.08. The first-order valence-electron chi connectivity index (χ1n) is 6.83. The van der Waals surface area contributed by atoms with Crippen molar-refractivity contribution in [2.24, 2.45) is 0 Å². The normalized spacial score (nSPS) is 10.3. The smallest absolute Gasteiger partial charge is 0.255 e. The molecular weight excluding hydrogens is 316 g/mol. The average Bonchev–Trinajstić information content (AvgIpc) is 3.00. The Labute approximate surface area is 137 Å². The standard InChI is InChI=1S/C16H13ClN4O2/c17-13-9-19-21(10-13)11-23-15-3-1-2-12(8-15)16(22)20-14-4-6-18-7-5-14/h1-10H,11H2,(H,18,20,22). The van der Waals surface area contributed by atoms with Crippen LogP contribution in [0.2, 0.25) is 5.02 Å². The van der Waals surface area contributed by atoms with E-state index in [2.05, 4.69) is 15.4 Å². The largest absolute Gasteiger partial charge is 0.471 e. The summed E-state index contributed by atoms with van der Waals surface area (Å²) >= 11 is 5.79. The zero-order chi connectivity index (χ0) is 16.1. The topological polar surface area (TPSA) is 69.0 Å². The van der Waals surface area contributed by atoms with Gasteiger partial charge in [0.05, 0.1) is 11.2 Å². The fraction of sp³-hybridized carbons (Fsp3) is 0.0625. The van der Waals surface area contributed by atoms with Crippen molar-refractivity contribution in [3.63, 3.8) is 0 Å². The first-order chi connectivity index (χ1) is 11.2. The van der Waals surface area contributed by atoms with Crippen LogP contribution in [-0.4, -0.2) is 20.7 Å². The van der Waals surface area contributed by atoms with Gasteiger partial charge in [-0.1, -0.05) is 17.7 Å². The fourth-order valence-corrected chi connectivity index (χ4v) is 2.07. The lowest BCUT2D eigenvalue weighted by Crippen LogP contribution is -2.12. The van der Waals surface area contributed by atoms with Gasteiger partial charge in [0.1, 0.15) is 5.75 Å². The van der Waals surface area contributed by atoms with Crippen molar-refractivity contribution >= 4 is 23.2 Å². The molecule has 0 unspecified atom stereocenters. The van der Waals surface area contributed by atoms with Crippen molar-refractivity contribution in [1.29, 1.82) is 0 Å². The van der Waals surface area contributed by atoms with Crippen molar-refractivity contribution in [1.82, 2.24) is 14.8 Å². The molecule has 1 aromatic carbocycles. The molecule has 7 heteroatoms. The highest BCUT2D eigenvalue weighted by molar-refractivity contribution is 6.30. The Kier molecular flexibility index (Phi) is 4.54. The van der Waals surface area contributed by atoms with E-state index in [9.17, 15) is 4.79 Å². The highest BCUT2D eigenvalue weighted by Gasteiger charge is 2.07. The van der Waals surface area contributed by atoms with Crippen LogP contribution >= 0.6 is 11.6 Å². The number of hydrogen-bond donors (Lipinski definition) is 1. The van der Waals surface area contributed by atoms with Crippen molar-refractivity contribution in [2.75, 3.05) is 5.32 Å². The monoisotopic (exact) mass is 328 g/mol. The molecular formula is C16H13ClN4O2. The molecule has 3 aromatic rings. The summed E-state index contributed by atoms with van der Waals surface area (Å²) in [5, 5.41) is 7.35. The van der Waals surface area contributed by atoms with Crippen LogP contribution in [0.1, 0.15) is 10.4 Å². The van der Waals surface area contributed by atoms with Gasteiger partial charge in [0, 0.05) is 29.8 Å². The van der Waals surface area contributed by atoms with Crippen LogP contribution in [0.3, 0.4) is 0 Å². The van der Waals surface area contributed by atoms with E-state index in [1.807, 2.05) is 0 Å². The second kappa shape index (κ2) is 6.93.